The Kier molecular flexibility index (Phi) is 6.92. The molecular formula is C23H23FN8O2. The van der Waals surface area contributed by atoms with Gasteiger partial charge in [0.1, 0.15) is 0 Å². The summed E-state index contributed by atoms with van der Waals surface area (Å²) >= 11 is 0. The van der Waals surface area contributed by atoms with E-state index in [1.807, 2.05) is 0 Å². The third-order valence-electron chi connectivity index (χ3n) is 4.78. The molecule has 1 amide bonds. The second-order valence-corrected chi connectivity index (χ2v) is 7.34. The molecule has 0 atom stereocenters. The van der Waals surface area contributed by atoms with E-state index in [4.69, 9.17) is 4.74 Å². The first-order chi connectivity index (χ1) is 16.5. The van der Waals surface area contributed by atoms with Gasteiger partial charge in [0.05, 0.1) is 31.7 Å². The van der Waals surface area contributed by atoms with E-state index < -0.39 is 5.82 Å². The predicted octanol–water partition coefficient (Wildman–Crippen LogP) is 3.69. The van der Waals surface area contributed by atoms with Gasteiger partial charge in [-0.2, -0.15) is 10.1 Å². The second kappa shape index (κ2) is 10.4. The molecule has 2 aromatic heterocycles. The molecule has 0 spiro atoms. The van der Waals surface area contributed by atoms with Crippen LogP contribution in [0.2, 0.25) is 0 Å². The van der Waals surface area contributed by atoms with Crippen molar-refractivity contribution in [3.05, 3.63) is 66.8 Å². The van der Waals surface area contributed by atoms with E-state index in [2.05, 4.69) is 42.6 Å². The third-order valence-corrected chi connectivity index (χ3v) is 4.78. The Hall–Kier alpha value is -4.54. The number of hydrogen-bond acceptors (Lipinski definition) is 9. The van der Waals surface area contributed by atoms with E-state index in [1.54, 1.807) is 53.8 Å². The molecule has 174 valence electrons. The molecule has 3 heterocycles. The van der Waals surface area contributed by atoms with E-state index >= 15 is 0 Å². The molecule has 0 saturated carbocycles. The van der Waals surface area contributed by atoms with E-state index in [0.717, 1.165) is 19.2 Å². The van der Waals surface area contributed by atoms with Crippen LogP contribution in [0.4, 0.5) is 33.2 Å². The van der Waals surface area contributed by atoms with Crippen molar-refractivity contribution in [3.63, 3.8) is 0 Å². The van der Waals surface area contributed by atoms with Gasteiger partial charge in [-0.15, -0.1) is 0 Å². The number of hydrogen-bond donors (Lipinski definition) is 3. The summed E-state index contributed by atoms with van der Waals surface area (Å²) in [6, 6.07) is 10.3. The maximum atomic E-state index is 14.4. The number of benzene rings is 1. The summed E-state index contributed by atoms with van der Waals surface area (Å²) in [6.45, 7) is 4.96. The summed E-state index contributed by atoms with van der Waals surface area (Å²) in [6.07, 6.45) is 5.28. The fraction of sp³-hybridized carbons (Fsp3) is 0.174. The van der Waals surface area contributed by atoms with Gasteiger partial charge in [0.25, 0.3) is 5.91 Å². The van der Waals surface area contributed by atoms with Gasteiger partial charge in [-0.1, -0.05) is 12.6 Å². The van der Waals surface area contributed by atoms with Crippen LogP contribution < -0.4 is 20.7 Å². The largest absolute Gasteiger partial charge is 0.481 e. The summed E-state index contributed by atoms with van der Waals surface area (Å²) in [4.78, 5) is 24.7. The molecule has 0 unspecified atom stereocenters. The van der Waals surface area contributed by atoms with Crippen LogP contribution >= 0.6 is 0 Å². The monoisotopic (exact) mass is 462 g/mol. The Morgan fingerprint density at radius 2 is 2.00 bits per heavy atom. The fourth-order valence-electron chi connectivity index (χ4n) is 3.10. The molecule has 0 aliphatic carbocycles. The molecule has 34 heavy (non-hydrogen) atoms. The highest BCUT2D eigenvalue weighted by Gasteiger charge is 2.14. The van der Waals surface area contributed by atoms with Crippen molar-refractivity contribution in [2.45, 2.75) is 6.42 Å². The van der Waals surface area contributed by atoms with Crippen molar-refractivity contribution >= 4 is 41.0 Å². The highest BCUT2D eigenvalue weighted by molar-refractivity contribution is 6.03. The third kappa shape index (κ3) is 5.82. The van der Waals surface area contributed by atoms with E-state index in [-0.39, 0.29) is 17.7 Å². The van der Waals surface area contributed by atoms with Gasteiger partial charge in [-0.3, -0.25) is 9.80 Å². The lowest BCUT2D eigenvalue weighted by Gasteiger charge is -2.15. The minimum absolute atomic E-state index is 0.0289. The lowest BCUT2D eigenvalue weighted by Crippen LogP contribution is -2.24. The average molecular weight is 462 g/mol. The predicted molar refractivity (Wildman–Crippen MR) is 128 cm³/mol. The van der Waals surface area contributed by atoms with Gasteiger partial charge < -0.3 is 20.7 Å². The van der Waals surface area contributed by atoms with Gasteiger partial charge in [0.2, 0.25) is 11.8 Å². The van der Waals surface area contributed by atoms with E-state index in [9.17, 15) is 9.18 Å². The lowest BCUT2D eigenvalue weighted by molar-refractivity contribution is -0.113. The topological polar surface area (TPSA) is 117 Å². The number of nitrogens with zero attached hydrogens (tertiary/aromatic N) is 5. The molecule has 0 fully saturated rings. The van der Waals surface area contributed by atoms with Crippen molar-refractivity contribution < 1.29 is 13.9 Å². The lowest BCUT2D eigenvalue weighted by atomic mass is 10.2. The Balaban J connectivity index is 1.41. The zero-order valence-corrected chi connectivity index (χ0v) is 18.5. The first kappa shape index (κ1) is 22.6. The second-order valence-electron chi connectivity index (χ2n) is 7.34. The summed E-state index contributed by atoms with van der Waals surface area (Å²) in [5, 5.41) is 14.6. The number of anilines is 5. The Morgan fingerprint density at radius 3 is 2.74 bits per heavy atom. The SMILES string of the molecule is C=C(CN1CCC=N1)C(=O)Nc1cccc(Nc2nc(Nc3ccc(OC)nc3)ncc2F)c1. The van der Waals surface area contributed by atoms with Gasteiger partial charge in [0.15, 0.2) is 11.6 Å². The molecular weight excluding hydrogens is 439 g/mol. The highest BCUT2D eigenvalue weighted by Crippen LogP contribution is 2.23. The number of halogens is 1. The summed E-state index contributed by atoms with van der Waals surface area (Å²) in [5.74, 6) is -0.326. The number of ether oxygens (including phenoxy) is 1. The van der Waals surface area contributed by atoms with Crippen molar-refractivity contribution in [1.29, 1.82) is 0 Å². The number of rotatable bonds is 9. The van der Waals surface area contributed by atoms with E-state index in [0.29, 0.717) is 35.1 Å². The summed E-state index contributed by atoms with van der Waals surface area (Å²) in [5.41, 5.74) is 2.06. The normalized spacial score (nSPS) is 12.4. The van der Waals surface area contributed by atoms with Crippen LogP contribution in [0.3, 0.4) is 0 Å². The molecule has 0 bridgehead atoms. The Bertz CT molecular complexity index is 1220. The smallest absolute Gasteiger partial charge is 0.252 e. The zero-order valence-electron chi connectivity index (χ0n) is 18.5. The molecule has 1 aromatic carbocycles. The number of amides is 1. The number of carbonyl (C=O) groups excluding carboxylic acids is 1. The van der Waals surface area contributed by atoms with Crippen LogP contribution in [0.5, 0.6) is 5.88 Å². The minimum Gasteiger partial charge on any atom is -0.481 e. The quantitative estimate of drug-likeness (QED) is 0.412. The molecule has 11 heteroatoms. The molecule has 0 radical (unpaired) electrons. The first-order valence-corrected chi connectivity index (χ1v) is 10.4. The number of methoxy groups -OCH3 is 1. The molecule has 10 nitrogen and oxygen atoms in total. The maximum absolute atomic E-state index is 14.4. The average Bonchev–Trinajstić information content (AvgIpc) is 3.35. The number of nitrogens with one attached hydrogen (secondary N) is 3. The summed E-state index contributed by atoms with van der Waals surface area (Å²) < 4.78 is 19.4. The molecule has 0 saturated heterocycles. The number of pyridine rings is 1. The van der Waals surface area contributed by atoms with Crippen LogP contribution in [-0.4, -0.2) is 52.3 Å². The first-order valence-electron chi connectivity index (χ1n) is 10.4. The minimum atomic E-state index is -0.632. The maximum Gasteiger partial charge on any atom is 0.252 e. The van der Waals surface area contributed by atoms with Crippen LogP contribution in [0.1, 0.15) is 6.42 Å². The van der Waals surface area contributed by atoms with Crippen LogP contribution in [0.15, 0.2) is 66.0 Å². The van der Waals surface area contributed by atoms with Crippen molar-refractivity contribution in [1.82, 2.24) is 20.0 Å². The number of aromatic nitrogens is 3. The van der Waals surface area contributed by atoms with Crippen molar-refractivity contribution in [3.8, 4) is 5.88 Å². The molecule has 1 aliphatic heterocycles. The molecule has 3 aromatic rings. The zero-order chi connectivity index (χ0) is 23.9. The van der Waals surface area contributed by atoms with Gasteiger partial charge in [0, 0.05) is 42.2 Å². The summed E-state index contributed by atoms with van der Waals surface area (Å²) in [7, 11) is 1.52. The molecule has 3 N–H and O–H groups in total. The van der Waals surface area contributed by atoms with Gasteiger partial charge >= 0.3 is 0 Å². The standard InChI is InChI=1S/C23H23FN8O2/c1-15(14-32-10-4-9-27-32)22(33)29-17-6-3-5-16(11-17)28-21-19(24)13-26-23(31-21)30-18-7-8-20(34-2)25-12-18/h3,5-9,11-13H,1,4,10,14H2,2H3,(H,29,33)(H2,26,28,30,31). The molecule has 4 rings (SSSR count). The molecule has 1 aliphatic rings. The fourth-order valence-corrected chi connectivity index (χ4v) is 3.10. The van der Waals surface area contributed by atoms with Crippen LogP contribution in [0.25, 0.3) is 0 Å². The van der Waals surface area contributed by atoms with Crippen molar-refractivity contribution in [2.24, 2.45) is 5.10 Å². The van der Waals surface area contributed by atoms with Gasteiger partial charge in [-0.25, -0.2) is 14.4 Å². The highest BCUT2D eigenvalue weighted by atomic mass is 19.1. The van der Waals surface area contributed by atoms with Crippen LogP contribution in [0, 0.1) is 5.82 Å². The number of carbonyl (C=O) groups is 1. The van der Waals surface area contributed by atoms with Crippen LogP contribution in [-0.2, 0) is 4.79 Å². The number of hydrazone groups is 1. The Morgan fingerprint density at radius 1 is 1.15 bits per heavy atom. The Labute approximate surface area is 195 Å². The van der Waals surface area contributed by atoms with Crippen molar-refractivity contribution in [2.75, 3.05) is 36.1 Å². The van der Waals surface area contributed by atoms with E-state index in [1.165, 1.54) is 7.11 Å². The van der Waals surface area contributed by atoms with Gasteiger partial charge in [-0.05, 0) is 24.3 Å².